The second-order valence-corrected chi connectivity index (χ2v) is 6.43. The fourth-order valence-corrected chi connectivity index (χ4v) is 3.32. The summed E-state index contributed by atoms with van der Waals surface area (Å²) in [5, 5.41) is 9.35. The zero-order valence-corrected chi connectivity index (χ0v) is 15.2. The number of hydrogen-bond donors (Lipinski definition) is 0. The van der Waals surface area contributed by atoms with Gasteiger partial charge in [-0.25, -0.2) is 0 Å². The number of nitrogens with zero attached hydrogens (tertiary/aromatic N) is 4. The summed E-state index contributed by atoms with van der Waals surface area (Å²) in [4.78, 5) is 17.8. The number of amides is 1. The minimum Gasteiger partial charge on any atom is -0.273 e. The van der Waals surface area contributed by atoms with Gasteiger partial charge in [-0.15, -0.1) is 11.8 Å². The molecule has 1 aliphatic rings. The summed E-state index contributed by atoms with van der Waals surface area (Å²) in [6, 6.07) is 5.93. The molecule has 1 aliphatic heterocycles. The molecule has 1 aromatic carbocycles. The van der Waals surface area contributed by atoms with Gasteiger partial charge in [0.05, 0.1) is 12.7 Å². The SMILES string of the molecule is CCCCC(=O)N(N=NC)c1cccc(C)c1CSC1=NC=C[B]1. The van der Waals surface area contributed by atoms with Crippen LogP contribution in [0.3, 0.4) is 0 Å². The number of rotatable bonds is 7. The first-order chi connectivity index (χ1) is 11.7. The first-order valence-electron chi connectivity index (χ1n) is 8.09. The molecule has 7 heteroatoms. The Morgan fingerprint density at radius 1 is 1.42 bits per heavy atom. The zero-order chi connectivity index (χ0) is 17.4. The summed E-state index contributed by atoms with van der Waals surface area (Å²) >= 11 is 1.65. The van der Waals surface area contributed by atoms with Crippen molar-refractivity contribution in [2.24, 2.45) is 15.3 Å². The summed E-state index contributed by atoms with van der Waals surface area (Å²) in [6.45, 7) is 4.12. The second-order valence-electron chi connectivity index (χ2n) is 5.44. The highest BCUT2D eigenvalue weighted by Gasteiger charge is 2.20. The summed E-state index contributed by atoms with van der Waals surface area (Å²) < 4.78 is 0. The Bertz CT molecular complexity index is 673. The summed E-state index contributed by atoms with van der Waals surface area (Å²) in [5.74, 6) is 2.63. The number of anilines is 1. The number of aryl methyl sites for hydroxylation is 1. The average molecular weight is 341 g/mol. The van der Waals surface area contributed by atoms with Crippen molar-refractivity contribution in [3.8, 4) is 0 Å². The lowest BCUT2D eigenvalue weighted by Gasteiger charge is -2.20. The van der Waals surface area contributed by atoms with Crippen LogP contribution in [0.15, 0.2) is 45.7 Å². The van der Waals surface area contributed by atoms with Crippen LogP contribution in [0.4, 0.5) is 5.69 Å². The standard InChI is InChI=1S/C17H22BN4OS/c1-4-5-9-16(23)22(21-19-3)15-8-6-7-13(2)14(15)12-24-17-18-10-11-20-17/h6-8,10-11H,4-5,9,12H2,1-3H3. The third-order valence-corrected chi connectivity index (χ3v) is 4.63. The Morgan fingerprint density at radius 2 is 2.25 bits per heavy atom. The number of carbonyl (C=O) groups excluding carboxylic acids is 1. The molecule has 24 heavy (non-hydrogen) atoms. The van der Waals surface area contributed by atoms with Crippen LogP contribution in [0.2, 0.25) is 0 Å². The molecule has 0 atom stereocenters. The Morgan fingerprint density at radius 3 is 2.92 bits per heavy atom. The molecule has 0 fully saturated rings. The van der Waals surface area contributed by atoms with Crippen LogP contribution >= 0.6 is 11.8 Å². The van der Waals surface area contributed by atoms with E-state index in [1.807, 2.05) is 25.4 Å². The number of aliphatic imine (C=N–C) groups is 1. The van der Waals surface area contributed by atoms with Gasteiger partial charge in [-0.2, -0.15) is 10.1 Å². The van der Waals surface area contributed by atoms with E-state index >= 15 is 0 Å². The molecular formula is C17H22BN4OS. The lowest BCUT2D eigenvalue weighted by Crippen LogP contribution is -2.26. The molecule has 1 aromatic rings. The van der Waals surface area contributed by atoms with Gasteiger partial charge in [0.15, 0.2) is 0 Å². The molecule has 0 unspecified atom stereocenters. The topological polar surface area (TPSA) is 57.4 Å². The van der Waals surface area contributed by atoms with E-state index in [0.29, 0.717) is 6.42 Å². The van der Waals surface area contributed by atoms with Crippen molar-refractivity contribution >= 4 is 35.6 Å². The van der Waals surface area contributed by atoms with Crippen LogP contribution in [-0.2, 0) is 10.5 Å². The van der Waals surface area contributed by atoms with E-state index < -0.39 is 0 Å². The maximum atomic E-state index is 12.5. The van der Waals surface area contributed by atoms with Gasteiger partial charge < -0.3 is 0 Å². The number of carbonyl (C=O) groups is 1. The minimum atomic E-state index is -0.0225. The van der Waals surface area contributed by atoms with Gasteiger partial charge in [-0.3, -0.25) is 9.79 Å². The van der Waals surface area contributed by atoms with Gasteiger partial charge in [0, 0.05) is 23.3 Å². The van der Waals surface area contributed by atoms with Gasteiger partial charge in [0.2, 0.25) is 13.2 Å². The second kappa shape index (κ2) is 9.42. The molecule has 0 aromatic heterocycles. The fourth-order valence-electron chi connectivity index (χ4n) is 2.35. The molecule has 5 nitrogen and oxygen atoms in total. The quantitative estimate of drug-likeness (QED) is 0.422. The highest BCUT2D eigenvalue weighted by Crippen LogP contribution is 2.30. The Hall–Kier alpha value is -1.89. The molecule has 0 saturated heterocycles. The molecule has 1 amide bonds. The lowest BCUT2D eigenvalue weighted by atomic mass is 9.83. The van der Waals surface area contributed by atoms with Gasteiger partial charge in [-0.05, 0) is 30.5 Å². The lowest BCUT2D eigenvalue weighted by molar-refractivity contribution is -0.118. The van der Waals surface area contributed by atoms with E-state index in [-0.39, 0.29) is 5.91 Å². The van der Waals surface area contributed by atoms with Crippen molar-refractivity contribution in [1.82, 2.24) is 0 Å². The summed E-state index contributed by atoms with van der Waals surface area (Å²) in [7, 11) is 3.57. The maximum Gasteiger partial charge on any atom is 0.248 e. The normalized spacial score (nSPS) is 13.2. The van der Waals surface area contributed by atoms with Crippen molar-refractivity contribution < 1.29 is 4.79 Å². The molecule has 125 valence electrons. The minimum absolute atomic E-state index is 0.0225. The number of unbranched alkanes of at least 4 members (excludes halogenated alkanes) is 1. The zero-order valence-electron chi connectivity index (χ0n) is 14.4. The Kier molecular flexibility index (Phi) is 7.24. The van der Waals surface area contributed by atoms with Gasteiger partial charge >= 0.3 is 0 Å². The van der Waals surface area contributed by atoms with E-state index in [1.165, 1.54) is 5.01 Å². The van der Waals surface area contributed by atoms with E-state index in [2.05, 4.69) is 35.2 Å². The smallest absolute Gasteiger partial charge is 0.248 e. The predicted molar refractivity (Wildman–Crippen MR) is 103 cm³/mol. The molecule has 0 aliphatic carbocycles. The van der Waals surface area contributed by atoms with Crippen molar-refractivity contribution in [2.75, 3.05) is 12.1 Å². The van der Waals surface area contributed by atoms with E-state index in [4.69, 9.17) is 0 Å². The van der Waals surface area contributed by atoms with Crippen LogP contribution in [0, 0.1) is 6.92 Å². The first kappa shape index (κ1) is 18.5. The van der Waals surface area contributed by atoms with Crippen LogP contribution in [0.25, 0.3) is 0 Å². The van der Waals surface area contributed by atoms with Crippen LogP contribution in [-0.4, -0.2) is 25.2 Å². The van der Waals surface area contributed by atoms with Crippen molar-refractivity contribution in [3.63, 3.8) is 0 Å². The average Bonchev–Trinajstić information content (AvgIpc) is 3.10. The fraction of sp³-hybridized carbons (Fsp3) is 0.412. The molecule has 0 N–H and O–H groups in total. The summed E-state index contributed by atoms with van der Waals surface area (Å²) in [6.07, 6.45) is 4.08. The Balaban J connectivity index is 2.25. The van der Waals surface area contributed by atoms with Crippen molar-refractivity contribution in [1.29, 1.82) is 0 Å². The molecular weight excluding hydrogens is 319 g/mol. The van der Waals surface area contributed by atoms with Gasteiger partial charge in [0.25, 0.3) is 0 Å². The van der Waals surface area contributed by atoms with Crippen LogP contribution in [0.1, 0.15) is 37.3 Å². The first-order valence-corrected chi connectivity index (χ1v) is 9.07. The van der Waals surface area contributed by atoms with Crippen molar-refractivity contribution in [3.05, 3.63) is 41.5 Å². The van der Waals surface area contributed by atoms with Crippen LogP contribution in [0.5, 0.6) is 0 Å². The van der Waals surface area contributed by atoms with Crippen molar-refractivity contribution in [2.45, 2.75) is 38.9 Å². The molecule has 0 spiro atoms. The van der Waals surface area contributed by atoms with Gasteiger partial charge in [0.1, 0.15) is 0 Å². The summed E-state index contributed by atoms with van der Waals surface area (Å²) in [5.41, 5.74) is 3.02. The Labute approximate surface area is 148 Å². The predicted octanol–water partition coefficient (Wildman–Crippen LogP) is 4.29. The molecule has 1 heterocycles. The highest BCUT2D eigenvalue weighted by atomic mass is 32.2. The molecule has 0 saturated carbocycles. The third-order valence-electron chi connectivity index (χ3n) is 3.66. The van der Waals surface area contributed by atoms with E-state index in [0.717, 1.165) is 40.4 Å². The monoisotopic (exact) mass is 341 g/mol. The maximum absolute atomic E-state index is 12.5. The van der Waals surface area contributed by atoms with Crippen LogP contribution < -0.4 is 5.01 Å². The third kappa shape index (κ3) is 4.80. The highest BCUT2D eigenvalue weighted by molar-refractivity contribution is 8.16. The number of hydrogen-bond acceptors (Lipinski definition) is 5. The molecule has 2 rings (SSSR count). The van der Waals surface area contributed by atoms with E-state index in [1.54, 1.807) is 25.0 Å². The molecule has 0 bridgehead atoms. The van der Waals surface area contributed by atoms with E-state index in [9.17, 15) is 4.79 Å². The number of thioether (sulfide) groups is 1. The number of benzene rings is 1. The molecule has 1 radical (unpaired) electrons. The largest absolute Gasteiger partial charge is 0.273 e. The van der Waals surface area contributed by atoms with Gasteiger partial charge in [-0.1, -0.05) is 36.7 Å².